The fourth-order valence-corrected chi connectivity index (χ4v) is 1.96. The summed E-state index contributed by atoms with van der Waals surface area (Å²) < 4.78 is 0. The number of nitro groups is 1. The lowest BCUT2D eigenvalue weighted by molar-refractivity contribution is -0.384. The molecule has 1 aliphatic rings. The van der Waals surface area contributed by atoms with Gasteiger partial charge in [-0.2, -0.15) is 0 Å². The summed E-state index contributed by atoms with van der Waals surface area (Å²) in [5.41, 5.74) is 0.696. The van der Waals surface area contributed by atoms with Crippen molar-refractivity contribution in [2.24, 2.45) is 5.92 Å². The number of Topliss-reactive ketones (excluding diaryl/α,β-unsaturated/α-hetero) is 1. The molecule has 0 saturated heterocycles. The van der Waals surface area contributed by atoms with Gasteiger partial charge in [0, 0.05) is 24.1 Å². The van der Waals surface area contributed by atoms with E-state index < -0.39 is 16.8 Å². The van der Waals surface area contributed by atoms with E-state index in [1.807, 2.05) is 0 Å². The smallest absolute Gasteiger partial charge is 0.307 e. The molecule has 0 spiro atoms. The van der Waals surface area contributed by atoms with Crippen molar-refractivity contribution >= 4 is 17.4 Å². The summed E-state index contributed by atoms with van der Waals surface area (Å²) in [6.07, 6.45) is 0.151. The van der Waals surface area contributed by atoms with E-state index in [0.29, 0.717) is 5.56 Å². The topological polar surface area (TPSA) is 97.5 Å². The van der Waals surface area contributed by atoms with Crippen LogP contribution in [-0.2, 0) is 11.2 Å². The lowest BCUT2D eigenvalue weighted by Gasteiger charge is -2.19. The largest absolute Gasteiger partial charge is 0.481 e. The summed E-state index contributed by atoms with van der Waals surface area (Å²) in [4.78, 5) is 32.5. The molecule has 0 radical (unpaired) electrons. The summed E-state index contributed by atoms with van der Waals surface area (Å²) in [6.45, 7) is 0. The molecule has 1 aliphatic carbocycles. The number of aliphatic carboxylic acids is 1. The highest BCUT2D eigenvalue weighted by atomic mass is 16.6. The number of hydrogen-bond acceptors (Lipinski definition) is 4. The molecule has 2 rings (SSSR count). The zero-order chi connectivity index (χ0) is 12.6. The first kappa shape index (κ1) is 11.3. The SMILES string of the molecule is O=C1CC(C(=O)O)Cc2ccc([N+](=O)[O-])cc21. The van der Waals surface area contributed by atoms with Crippen molar-refractivity contribution in [1.29, 1.82) is 0 Å². The molecule has 0 fully saturated rings. The van der Waals surface area contributed by atoms with Gasteiger partial charge in [-0.15, -0.1) is 0 Å². The van der Waals surface area contributed by atoms with Gasteiger partial charge in [0.15, 0.2) is 5.78 Å². The average Bonchev–Trinajstić information content (AvgIpc) is 2.28. The minimum Gasteiger partial charge on any atom is -0.481 e. The van der Waals surface area contributed by atoms with Crippen molar-refractivity contribution in [2.45, 2.75) is 12.8 Å². The van der Waals surface area contributed by atoms with Crippen LogP contribution in [0.3, 0.4) is 0 Å². The van der Waals surface area contributed by atoms with Crippen molar-refractivity contribution in [2.75, 3.05) is 0 Å². The number of nitro benzene ring substituents is 1. The van der Waals surface area contributed by atoms with Crippen LogP contribution in [0.25, 0.3) is 0 Å². The Kier molecular flexibility index (Phi) is 2.63. The van der Waals surface area contributed by atoms with E-state index in [2.05, 4.69) is 0 Å². The quantitative estimate of drug-likeness (QED) is 0.617. The Hall–Kier alpha value is -2.24. The molecule has 1 aromatic carbocycles. The lowest BCUT2D eigenvalue weighted by atomic mass is 9.83. The van der Waals surface area contributed by atoms with E-state index in [1.165, 1.54) is 18.2 Å². The maximum absolute atomic E-state index is 11.7. The Morgan fingerprint density at radius 2 is 2.12 bits per heavy atom. The van der Waals surface area contributed by atoms with Crippen LogP contribution in [0.1, 0.15) is 22.3 Å². The second-order valence-corrected chi connectivity index (χ2v) is 3.97. The number of nitrogens with zero attached hydrogens (tertiary/aromatic N) is 1. The molecule has 0 amide bonds. The molecule has 6 heteroatoms. The predicted octanol–water partition coefficient (Wildman–Crippen LogP) is 1.42. The number of carbonyl (C=O) groups excluding carboxylic acids is 1. The van der Waals surface area contributed by atoms with Crippen LogP contribution in [-0.4, -0.2) is 21.8 Å². The molecule has 0 aliphatic heterocycles. The zero-order valence-electron chi connectivity index (χ0n) is 8.75. The molecule has 0 saturated carbocycles. The normalized spacial score (nSPS) is 18.6. The van der Waals surface area contributed by atoms with Gasteiger partial charge in [0.05, 0.1) is 10.8 Å². The Morgan fingerprint density at radius 3 is 2.71 bits per heavy atom. The van der Waals surface area contributed by atoms with E-state index in [4.69, 9.17) is 5.11 Å². The first-order valence-corrected chi connectivity index (χ1v) is 5.02. The van der Waals surface area contributed by atoms with Gasteiger partial charge in [0.1, 0.15) is 0 Å². The Balaban J connectivity index is 2.42. The van der Waals surface area contributed by atoms with Crippen molar-refractivity contribution < 1.29 is 19.6 Å². The van der Waals surface area contributed by atoms with E-state index in [-0.39, 0.29) is 29.9 Å². The first-order valence-electron chi connectivity index (χ1n) is 5.02. The molecule has 0 aromatic heterocycles. The molecule has 1 N–H and O–H groups in total. The second-order valence-electron chi connectivity index (χ2n) is 3.97. The first-order chi connectivity index (χ1) is 7.99. The van der Waals surface area contributed by atoms with Crippen molar-refractivity contribution in [3.05, 3.63) is 39.4 Å². The molecule has 1 atom stereocenters. The monoisotopic (exact) mass is 235 g/mol. The van der Waals surface area contributed by atoms with Gasteiger partial charge >= 0.3 is 5.97 Å². The molecule has 88 valence electrons. The van der Waals surface area contributed by atoms with Gasteiger partial charge < -0.3 is 5.11 Å². The van der Waals surface area contributed by atoms with E-state index in [9.17, 15) is 19.7 Å². The van der Waals surface area contributed by atoms with E-state index >= 15 is 0 Å². The van der Waals surface area contributed by atoms with Gasteiger partial charge in [-0.05, 0) is 12.0 Å². The number of benzene rings is 1. The number of fused-ring (bicyclic) bond motifs is 1. The van der Waals surface area contributed by atoms with Gasteiger partial charge in [0.25, 0.3) is 5.69 Å². The second kappa shape index (κ2) is 3.97. The Bertz CT molecular complexity index is 523. The van der Waals surface area contributed by atoms with Gasteiger partial charge in [-0.1, -0.05) is 6.07 Å². The van der Waals surface area contributed by atoms with Crippen LogP contribution < -0.4 is 0 Å². The minimum absolute atomic E-state index is 0.0937. The molecule has 17 heavy (non-hydrogen) atoms. The molecule has 1 aromatic rings. The van der Waals surface area contributed by atoms with E-state index in [1.54, 1.807) is 0 Å². The lowest BCUT2D eigenvalue weighted by Crippen LogP contribution is -2.26. The molecular weight excluding hydrogens is 226 g/mol. The predicted molar refractivity (Wildman–Crippen MR) is 56.9 cm³/mol. The third-order valence-electron chi connectivity index (χ3n) is 2.85. The molecule has 6 nitrogen and oxygen atoms in total. The third kappa shape index (κ3) is 2.01. The fourth-order valence-electron chi connectivity index (χ4n) is 1.96. The molecular formula is C11H9NO5. The minimum atomic E-state index is -1.01. The van der Waals surface area contributed by atoms with Crippen LogP contribution in [0.2, 0.25) is 0 Å². The van der Waals surface area contributed by atoms with Gasteiger partial charge in [-0.25, -0.2) is 0 Å². The van der Waals surface area contributed by atoms with Gasteiger partial charge in [-0.3, -0.25) is 19.7 Å². The third-order valence-corrected chi connectivity index (χ3v) is 2.85. The number of ketones is 1. The van der Waals surface area contributed by atoms with E-state index in [0.717, 1.165) is 0 Å². The van der Waals surface area contributed by atoms with Crippen molar-refractivity contribution in [1.82, 2.24) is 0 Å². The van der Waals surface area contributed by atoms with Crippen LogP contribution in [0.15, 0.2) is 18.2 Å². The Morgan fingerprint density at radius 1 is 1.41 bits per heavy atom. The molecule has 0 bridgehead atoms. The van der Waals surface area contributed by atoms with Crippen molar-refractivity contribution in [3.63, 3.8) is 0 Å². The fraction of sp³-hybridized carbons (Fsp3) is 0.273. The molecule has 0 heterocycles. The average molecular weight is 235 g/mol. The van der Waals surface area contributed by atoms with Crippen molar-refractivity contribution in [3.8, 4) is 0 Å². The number of non-ortho nitro benzene ring substituents is 1. The van der Waals surface area contributed by atoms with Crippen LogP contribution in [0, 0.1) is 16.0 Å². The van der Waals surface area contributed by atoms with Gasteiger partial charge in [0.2, 0.25) is 0 Å². The van der Waals surface area contributed by atoms with Crippen LogP contribution in [0.5, 0.6) is 0 Å². The summed E-state index contributed by atoms with van der Waals surface area (Å²) in [6, 6.07) is 3.96. The summed E-state index contributed by atoms with van der Waals surface area (Å²) in [5, 5.41) is 19.4. The maximum atomic E-state index is 11.7. The van der Waals surface area contributed by atoms with Crippen LogP contribution >= 0.6 is 0 Å². The maximum Gasteiger partial charge on any atom is 0.307 e. The number of carboxylic acids is 1. The highest BCUT2D eigenvalue weighted by Gasteiger charge is 2.30. The standard InChI is InChI=1S/C11H9NO5/c13-10-4-7(11(14)15)3-6-1-2-8(12(16)17)5-9(6)10/h1-2,5,7H,3-4H2,(H,14,15). The number of carbonyl (C=O) groups is 2. The summed E-state index contributed by atoms with van der Waals surface area (Å²) >= 11 is 0. The Labute approximate surface area is 96.0 Å². The summed E-state index contributed by atoms with van der Waals surface area (Å²) in [5.74, 6) is -2.08. The highest BCUT2D eigenvalue weighted by molar-refractivity contribution is 6.01. The zero-order valence-corrected chi connectivity index (χ0v) is 8.75. The summed E-state index contributed by atoms with van der Waals surface area (Å²) in [7, 11) is 0. The number of rotatable bonds is 2. The molecule has 1 unspecified atom stereocenters. The number of hydrogen-bond donors (Lipinski definition) is 1. The van der Waals surface area contributed by atoms with Crippen LogP contribution in [0.4, 0.5) is 5.69 Å². The highest BCUT2D eigenvalue weighted by Crippen LogP contribution is 2.28. The number of carboxylic acid groups (broad SMARTS) is 1.